The van der Waals surface area contributed by atoms with E-state index in [1.165, 1.54) is 10.4 Å². The fourth-order valence-electron chi connectivity index (χ4n) is 1.62. The summed E-state index contributed by atoms with van der Waals surface area (Å²) in [6.45, 7) is 2.67. The Bertz CT molecular complexity index is 508. The Morgan fingerprint density at radius 1 is 1.41 bits per heavy atom. The maximum absolute atomic E-state index is 6.11. The highest BCUT2D eigenvalue weighted by atomic mass is 35.5. The van der Waals surface area contributed by atoms with Crippen LogP contribution in [-0.4, -0.2) is 11.5 Å². The second-order valence-electron chi connectivity index (χ2n) is 4.02. The van der Waals surface area contributed by atoms with Crippen molar-refractivity contribution >= 4 is 22.9 Å². The minimum atomic E-state index is 0.656. The number of nitrogens with zero attached hydrogens (tertiary/aromatic N) is 1. The monoisotopic (exact) mass is 266 g/mol. The smallest absolute Gasteiger partial charge is 0.0940 e. The van der Waals surface area contributed by atoms with Crippen LogP contribution in [0.3, 0.4) is 0 Å². The molecule has 17 heavy (non-hydrogen) atoms. The van der Waals surface area contributed by atoms with Crippen molar-refractivity contribution in [3.63, 3.8) is 0 Å². The summed E-state index contributed by atoms with van der Waals surface area (Å²) in [5, 5.41) is 1.94. The number of benzene rings is 1. The van der Waals surface area contributed by atoms with Crippen LogP contribution in [-0.2, 0) is 12.8 Å². The molecule has 1 aromatic carbocycles. The molecule has 1 heterocycles. The van der Waals surface area contributed by atoms with E-state index in [1.54, 1.807) is 11.3 Å². The molecule has 0 radical (unpaired) electrons. The molecule has 0 unspecified atom stereocenters. The van der Waals surface area contributed by atoms with Gasteiger partial charge in [0, 0.05) is 28.9 Å². The Hall–Kier alpha value is -0.900. The third-order valence-electron chi connectivity index (χ3n) is 2.57. The predicted octanol–water partition coefficient (Wildman–Crippen LogP) is 3.20. The number of aryl methyl sites for hydroxylation is 1. The summed E-state index contributed by atoms with van der Waals surface area (Å²) in [4.78, 5) is 5.61. The first-order valence-corrected chi connectivity index (χ1v) is 6.77. The Labute approximate surface area is 110 Å². The van der Waals surface area contributed by atoms with E-state index in [-0.39, 0.29) is 0 Å². The summed E-state index contributed by atoms with van der Waals surface area (Å²) in [7, 11) is 0. The van der Waals surface area contributed by atoms with Gasteiger partial charge in [0.25, 0.3) is 0 Å². The van der Waals surface area contributed by atoms with E-state index in [9.17, 15) is 0 Å². The van der Waals surface area contributed by atoms with E-state index < -0.39 is 0 Å². The zero-order chi connectivity index (χ0) is 12.3. The summed E-state index contributed by atoms with van der Waals surface area (Å²) in [6, 6.07) is 6.20. The lowest BCUT2D eigenvalue weighted by molar-refractivity contribution is 0.952. The highest BCUT2D eigenvalue weighted by Gasteiger charge is 2.04. The molecule has 0 saturated carbocycles. The minimum Gasteiger partial charge on any atom is -0.330 e. The van der Waals surface area contributed by atoms with Crippen LogP contribution in [0.15, 0.2) is 24.4 Å². The van der Waals surface area contributed by atoms with Crippen LogP contribution in [0.5, 0.6) is 0 Å². The Balaban J connectivity index is 2.11. The fourth-order valence-corrected chi connectivity index (χ4v) is 2.79. The molecule has 0 amide bonds. The normalized spacial score (nSPS) is 10.8. The zero-order valence-corrected chi connectivity index (χ0v) is 11.3. The molecular weight excluding hydrogens is 252 g/mol. The molecule has 0 aliphatic rings. The summed E-state index contributed by atoms with van der Waals surface area (Å²) in [6.07, 6.45) is 3.69. The molecule has 0 saturated heterocycles. The van der Waals surface area contributed by atoms with Crippen LogP contribution in [0.4, 0.5) is 0 Å². The standard InChI is InChI=1S/C13H15ClN2S/c1-9-2-3-10(7-12(9)14)6-11-8-16-13(17-11)4-5-15/h2-3,7-8H,4-6,15H2,1H3. The molecule has 2 aromatic rings. The van der Waals surface area contributed by atoms with Crippen LogP contribution in [0.25, 0.3) is 0 Å². The van der Waals surface area contributed by atoms with Gasteiger partial charge in [-0.1, -0.05) is 23.7 Å². The van der Waals surface area contributed by atoms with Gasteiger partial charge in [-0.3, -0.25) is 0 Å². The molecule has 2 N–H and O–H groups in total. The highest BCUT2D eigenvalue weighted by Crippen LogP contribution is 2.21. The molecule has 0 atom stereocenters. The maximum Gasteiger partial charge on any atom is 0.0940 e. The van der Waals surface area contributed by atoms with Crippen molar-refractivity contribution in [2.75, 3.05) is 6.54 Å². The summed E-state index contributed by atoms with van der Waals surface area (Å²) < 4.78 is 0. The number of halogens is 1. The number of thiazole rings is 1. The average molecular weight is 267 g/mol. The van der Waals surface area contributed by atoms with Gasteiger partial charge in [0.15, 0.2) is 0 Å². The van der Waals surface area contributed by atoms with Crippen LogP contribution in [0.2, 0.25) is 5.02 Å². The molecule has 2 nitrogen and oxygen atoms in total. The highest BCUT2D eigenvalue weighted by molar-refractivity contribution is 7.11. The van der Waals surface area contributed by atoms with Crippen LogP contribution < -0.4 is 5.73 Å². The maximum atomic E-state index is 6.11. The van der Waals surface area contributed by atoms with Gasteiger partial charge in [-0.15, -0.1) is 11.3 Å². The SMILES string of the molecule is Cc1ccc(Cc2cnc(CCN)s2)cc1Cl. The van der Waals surface area contributed by atoms with E-state index >= 15 is 0 Å². The van der Waals surface area contributed by atoms with Gasteiger partial charge in [-0.2, -0.15) is 0 Å². The largest absolute Gasteiger partial charge is 0.330 e. The topological polar surface area (TPSA) is 38.9 Å². The molecule has 0 spiro atoms. The number of hydrogen-bond acceptors (Lipinski definition) is 3. The van der Waals surface area contributed by atoms with Gasteiger partial charge in [0.05, 0.1) is 5.01 Å². The van der Waals surface area contributed by atoms with Crippen LogP contribution >= 0.6 is 22.9 Å². The first-order chi connectivity index (χ1) is 8.19. The summed E-state index contributed by atoms with van der Waals surface area (Å²) >= 11 is 7.83. The van der Waals surface area contributed by atoms with Crippen molar-refractivity contribution in [1.82, 2.24) is 4.98 Å². The van der Waals surface area contributed by atoms with E-state index in [4.69, 9.17) is 17.3 Å². The van der Waals surface area contributed by atoms with E-state index in [1.807, 2.05) is 19.2 Å². The lowest BCUT2D eigenvalue weighted by atomic mass is 10.1. The van der Waals surface area contributed by atoms with Crippen LogP contribution in [0, 0.1) is 6.92 Å². The summed E-state index contributed by atoms with van der Waals surface area (Å²) in [5.74, 6) is 0. The quantitative estimate of drug-likeness (QED) is 0.923. The van der Waals surface area contributed by atoms with Gasteiger partial charge in [-0.05, 0) is 30.7 Å². The Morgan fingerprint density at radius 2 is 2.24 bits per heavy atom. The van der Waals surface area contributed by atoms with E-state index in [2.05, 4.69) is 17.1 Å². The molecule has 0 fully saturated rings. The number of aromatic nitrogens is 1. The van der Waals surface area contributed by atoms with Crippen molar-refractivity contribution in [3.8, 4) is 0 Å². The van der Waals surface area contributed by atoms with Crippen molar-refractivity contribution in [3.05, 3.63) is 50.4 Å². The molecule has 1 aromatic heterocycles. The van der Waals surface area contributed by atoms with Gasteiger partial charge in [0.2, 0.25) is 0 Å². The number of rotatable bonds is 4. The van der Waals surface area contributed by atoms with Gasteiger partial charge >= 0.3 is 0 Å². The van der Waals surface area contributed by atoms with Gasteiger partial charge in [-0.25, -0.2) is 4.98 Å². The van der Waals surface area contributed by atoms with Crippen LogP contribution in [0.1, 0.15) is 21.0 Å². The summed E-state index contributed by atoms with van der Waals surface area (Å²) in [5.41, 5.74) is 7.85. The second-order valence-corrected chi connectivity index (χ2v) is 5.63. The number of nitrogens with two attached hydrogens (primary N) is 1. The molecule has 2 rings (SSSR count). The lowest BCUT2D eigenvalue weighted by Crippen LogP contribution is -2.01. The third kappa shape index (κ3) is 3.28. The molecule has 90 valence electrons. The first-order valence-electron chi connectivity index (χ1n) is 5.57. The van der Waals surface area contributed by atoms with E-state index in [0.717, 1.165) is 28.4 Å². The average Bonchev–Trinajstić information content (AvgIpc) is 2.72. The predicted molar refractivity (Wildman–Crippen MR) is 73.9 cm³/mol. The first kappa shape index (κ1) is 12.6. The molecule has 0 aliphatic heterocycles. The lowest BCUT2D eigenvalue weighted by Gasteiger charge is -2.01. The van der Waals surface area contributed by atoms with Gasteiger partial charge in [0.1, 0.15) is 0 Å². The molecule has 4 heteroatoms. The molecule has 0 bridgehead atoms. The van der Waals surface area contributed by atoms with E-state index in [0.29, 0.717) is 6.54 Å². The zero-order valence-electron chi connectivity index (χ0n) is 9.74. The second kappa shape index (κ2) is 5.63. The van der Waals surface area contributed by atoms with Crippen molar-refractivity contribution < 1.29 is 0 Å². The third-order valence-corrected chi connectivity index (χ3v) is 4.04. The Kier molecular flexibility index (Phi) is 4.15. The van der Waals surface area contributed by atoms with Crippen molar-refractivity contribution in [1.29, 1.82) is 0 Å². The minimum absolute atomic E-state index is 0.656. The molecule has 0 aliphatic carbocycles. The fraction of sp³-hybridized carbons (Fsp3) is 0.308. The van der Waals surface area contributed by atoms with Gasteiger partial charge < -0.3 is 5.73 Å². The van der Waals surface area contributed by atoms with Crippen molar-refractivity contribution in [2.45, 2.75) is 19.8 Å². The molecular formula is C13H15ClN2S. The van der Waals surface area contributed by atoms with Crippen molar-refractivity contribution in [2.24, 2.45) is 5.73 Å². The number of hydrogen-bond donors (Lipinski definition) is 1. The Morgan fingerprint density at radius 3 is 2.94 bits per heavy atom.